The predicted octanol–water partition coefficient (Wildman–Crippen LogP) is 5.67. The van der Waals surface area contributed by atoms with Crippen LogP contribution >= 0.6 is 0 Å². The van der Waals surface area contributed by atoms with Crippen molar-refractivity contribution < 1.29 is 9.90 Å². The van der Waals surface area contributed by atoms with Crippen molar-refractivity contribution in [1.29, 1.82) is 0 Å². The second-order valence-electron chi connectivity index (χ2n) is 8.97. The van der Waals surface area contributed by atoms with Gasteiger partial charge >= 0.3 is 0 Å². The lowest BCUT2D eigenvalue weighted by atomic mass is 9.69. The molecule has 3 aromatic carbocycles. The van der Waals surface area contributed by atoms with Crippen LogP contribution in [0.15, 0.2) is 72.8 Å². The molecule has 158 valence electrons. The Morgan fingerprint density at radius 3 is 2.29 bits per heavy atom. The third-order valence-corrected chi connectivity index (χ3v) is 7.17. The van der Waals surface area contributed by atoms with Gasteiger partial charge in [0.2, 0.25) is 0 Å². The average Bonchev–Trinajstić information content (AvgIpc) is 2.84. The highest BCUT2D eigenvalue weighted by molar-refractivity contribution is 5.56. The van der Waals surface area contributed by atoms with E-state index >= 15 is 0 Å². The van der Waals surface area contributed by atoms with E-state index in [9.17, 15) is 9.90 Å². The zero-order valence-corrected chi connectivity index (χ0v) is 17.8. The normalized spacial score (nSPS) is 21.5. The van der Waals surface area contributed by atoms with Gasteiger partial charge in [-0.25, -0.2) is 0 Å². The van der Waals surface area contributed by atoms with Gasteiger partial charge in [0.1, 0.15) is 12.0 Å². The minimum atomic E-state index is 0.220. The molecular formula is C28H29NO2. The van der Waals surface area contributed by atoms with Crippen molar-refractivity contribution in [2.45, 2.75) is 37.5 Å². The molecule has 1 heterocycles. The molecule has 3 nitrogen and oxygen atoms in total. The minimum Gasteiger partial charge on any atom is -0.508 e. The Kier molecular flexibility index (Phi) is 5.50. The molecule has 31 heavy (non-hydrogen) atoms. The fourth-order valence-corrected chi connectivity index (χ4v) is 5.46. The summed E-state index contributed by atoms with van der Waals surface area (Å²) < 4.78 is 0. The van der Waals surface area contributed by atoms with Gasteiger partial charge in [0.15, 0.2) is 0 Å². The first-order valence-electron chi connectivity index (χ1n) is 11.4. The summed E-state index contributed by atoms with van der Waals surface area (Å²) in [5.74, 6) is 1.27. The number of nitrogens with zero attached hydrogens (tertiary/aromatic N) is 1. The van der Waals surface area contributed by atoms with Crippen LogP contribution in [0.4, 0.5) is 5.69 Å². The summed E-state index contributed by atoms with van der Waals surface area (Å²) in [5, 5.41) is 10.0. The van der Waals surface area contributed by atoms with Crippen LogP contribution < -0.4 is 4.90 Å². The number of fused-ring (bicyclic) bond motifs is 1. The molecule has 3 aromatic rings. The van der Waals surface area contributed by atoms with Gasteiger partial charge in [-0.2, -0.15) is 0 Å². The predicted molar refractivity (Wildman–Crippen MR) is 125 cm³/mol. The van der Waals surface area contributed by atoms with Gasteiger partial charge in [-0.1, -0.05) is 48.5 Å². The first-order valence-corrected chi connectivity index (χ1v) is 11.4. The molecule has 1 unspecified atom stereocenters. The number of hydrogen-bond donors (Lipinski definition) is 1. The number of carbonyl (C=O) groups is 1. The molecule has 1 N–H and O–H groups in total. The molecule has 5 rings (SSSR count). The molecule has 1 aliphatic carbocycles. The molecule has 2 aliphatic rings. The fraction of sp³-hybridized carbons (Fsp3) is 0.321. The first kappa shape index (κ1) is 19.9. The van der Waals surface area contributed by atoms with Crippen LogP contribution in [-0.4, -0.2) is 24.5 Å². The number of phenols is 1. The molecule has 1 fully saturated rings. The van der Waals surface area contributed by atoms with Gasteiger partial charge in [0.05, 0.1) is 0 Å². The number of piperidine rings is 1. The number of phenolic OH excluding ortho intramolecular Hbond substituents is 1. The summed E-state index contributed by atoms with van der Waals surface area (Å²) in [7, 11) is 0. The van der Waals surface area contributed by atoms with Gasteiger partial charge in [0, 0.05) is 30.6 Å². The summed E-state index contributed by atoms with van der Waals surface area (Å²) in [6.07, 6.45) is 5.07. The van der Waals surface area contributed by atoms with Gasteiger partial charge in [-0.3, -0.25) is 0 Å². The van der Waals surface area contributed by atoms with Crippen LogP contribution in [-0.2, 0) is 11.2 Å². The molecule has 0 radical (unpaired) electrons. The van der Waals surface area contributed by atoms with Crippen molar-refractivity contribution in [2.24, 2.45) is 5.92 Å². The topological polar surface area (TPSA) is 40.5 Å². The maximum Gasteiger partial charge on any atom is 0.123 e. The van der Waals surface area contributed by atoms with E-state index in [-0.39, 0.29) is 11.8 Å². The van der Waals surface area contributed by atoms with Crippen LogP contribution in [0.5, 0.6) is 5.75 Å². The third kappa shape index (κ3) is 3.97. The number of hydrogen-bond acceptors (Lipinski definition) is 3. The second kappa shape index (κ2) is 8.58. The van der Waals surface area contributed by atoms with Gasteiger partial charge in [-0.15, -0.1) is 0 Å². The van der Waals surface area contributed by atoms with E-state index in [0.29, 0.717) is 11.7 Å². The molecular weight excluding hydrogens is 382 g/mol. The molecule has 3 heteroatoms. The third-order valence-electron chi connectivity index (χ3n) is 7.17. The lowest BCUT2D eigenvalue weighted by Crippen LogP contribution is -2.34. The molecule has 0 saturated carbocycles. The molecule has 0 spiro atoms. The van der Waals surface area contributed by atoms with E-state index < -0.39 is 0 Å². The van der Waals surface area contributed by atoms with Crippen LogP contribution in [0.3, 0.4) is 0 Å². The summed E-state index contributed by atoms with van der Waals surface area (Å²) in [6, 6.07) is 25.8. The van der Waals surface area contributed by atoms with E-state index in [1.807, 2.05) is 12.1 Å². The van der Waals surface area contributed by atoms with Gasteiger partial charge in [-0.05, 0) is 78.1 Å². The Bertz CT molecular complexity index is 1040. The number of carbonyl (C=O) groups excluding carboxylic acids is 1. The fourth-order valence-electron chi connectivity index (χ4n) is 5.46. The largest absolute Gasteiger partial charge is 0.508 e. The van der Waals surface area contributed by atoms with Crippen molar-refractivity contribution in [3.63, 3.8) is 0 Å². The van der Waals surface area contributed by atoms with Crippen molar-refractivity contribution in [3.05, 3.63) is 95.1 Å². The number of aldehydes is 1. The van der Waals surface area contributed by atoms with Crippen molar-refractivity contribution in [1.82, 2.24) is 0 Å². The van der Waals surface area contributed by atoms with Crippen molar-refractivity contribution >= 4 is 12.0 Å². The minimum absolute atomic E-state index is 0.220. The maximum atomic E-state index is 11.1. The molecule has 2 atom stereocenters. The van der Waals surface area contributed by atoms with E-state index in [1.54, 1.807) is 0 Å². The lowest BCUT2D eigenvalue weighted by Gasteiger charge is -2.35. The molecule has 0 bridgehead atoms. The van der Waals surface area contributed by atoms with Gasteiger partial charge < -0.3 is 14.8 Å². The van der Waals surface area contributed by atoms with E-state index in [0.717, 1.165) is 45.1 Å². The highest BCUT2D eigenvalue weighted by Crippen LogP contribution is 2.47. The number of benzene rings is 3. The van der Waals surface area contributed by atoms with E-state index in [1.165, 1.54) is 27.9 Å². The molecule has 0 aromatic heterocycles. The first-order chi connectivity index (χ1) is 15.2. The lowest BCUT2D eigenvalue weighted by molar-refractivity contribution is -0.111. The monoisotopic (exact) mass is 411 g/mol. The summed E-state index contributed by atoms with van der Waals surface area (Å²) in [6.45, 7) is 1.89. The van der Waals surface area contributed by atoms with Crippen LogP contribution in [0, 0.1) is 5.92 Å². The summed E-state index contributed by atoms with van der Waals surface area (Å²) in [4.78, 5) is 13.5. The van der Waals surface area contributed by atoms with Crippen molar-refractivity contribution in [3.8, 4) is 5.75 Å². The van der Waals surface area contributed by atoms with Crippen LogP contribution in [0.25, 0.3) is 0 Å². The smallest absolute Gasteiger partial charge is 0.123 e. The zero-order chi connectivity index (χ0) is 21.2. The molecule has 0 amide bonds. The van der Waals surface area contributed by atoms with E-state index in [2.05, 4.69) is 65.6 Å². The Balaban J connectivity index is 1.47. The number of rotatable bonds is 4. The number of anilines is 1. The van der Waals surface area contributed by atoms with Crippen LogP contribution in [0.1, 0.15) is 53.4 Å². The Hall–Kier alpha value is -3.07. The summed E-state index contributed by atoms with van der Waals surface area (Å²) >= 11 is 0. The Morgan fingerprint density at radius 2 is 1.58 bits per heavy atom. The second-order valence-corrected chi connectivity index (χ2v) is 8.97. The van der Waals surface area contributed by atoms with E-state index in [4.69, 9.17) is 0 Å². The van der Waals surface area contributed by atoms with Crippen molar-refractivity contribution in [2.75, 3.05) is 18.0 Å². The number of aromatic hydroxyl groups is 1. The standard InChI is InChI=1S/C28H29NO2/c30-19-20-14-16-29(17-15-20)24-9-6-22(7-10-24)28-26(21-4-2-1-3-5-21)12-8-23-18-25(31)11-13-27(23)28/h1-7,9-11,13,18-20,26,28,31H,8,12,14-17H2/t26?,28-/m0/s1. The molecule has 1 aliphatic heterocycles. The Morgan fingerprint density at radius 1 is 0.839 bits per heavy atom. The number of aryl methyl sites for hydroxylation is 1. The highest BCUT2D eigenvalue weighted by Gasteiger charge is 2.32. The SMILES string of the molecule is O=CC1CCN(c2ccc([C@@H]3c4ccc(O)cc4CCC3c3ccccc3)cc2)CC1. The maximum absolute atomic E-state index is 11.1. The highest BCUT2D eigenvalue weighted by atomic mass is 16.3. The summed E-state index contributed by atoms with van der Waals surface area (Å²) in [5.41, 5.74) is 6.54. The molecule has 1 saturated heterocycles. The quantitative estimate of drug-likeness (QED) is 0.563. The Labute approximate surface area is 184 Å². The van der Waals surface area contributed by atoms with Gasteiger partial charge in [0.25, 0.3) is 0 Å². The zero-order valence-electron chi connectivity index (χ0n) is 17.8. The van der Waals surface area contributed by atoms with Crippen LogP contribution in [0.2, 0.25) is 0 Å². The average molecular weight is 412 g/mol.